The summed E-state index contributed by atoms with van der Waals surface area (Å²) in [6.07, 6.45) is 6.61. The van der Waals surface area contributed by atoms with E-state index in [-0.39, 0.29) is 17.0 Å². The highest BCUT2D eigenvalue weighted by atomic mass is 32.2. The fourth-order valence-electron chi connectivity index (χ4n) is 8.09. The van der Waals surface area contributed by atoms with E-state index >= 15 is 0 Å². The minimum atomic E-state index is -0.980. The summed E-state index contributed by atoms with van der Waals surface area (Å²) < 4.78 is 22.0. The van der Waals surface area contributed by atoms with E-state index in [0.717, 1.165) is 62.2 Å². The molecule has 3 N–H and O–H groups in total. The lowest BCUT2D eigenvalue weighted by Crippen LogP contribution is -2.55. The summed E-state index contributed by atoms with van der Waals surface area (Å²) in [6.45, 7) is 10.3. The van der Waals surface area contributed by atoms with Crippen molar-refractivity contribution in [1.29, 1.82) is 0 Å². The second-order valence-corrected chi connectivity index (χ2v) is 17.2. The molecule has 3 aromatic heterocycles. The number of nitrogens with zero attached hydrogens (tertiary/aromatic N) is 4. The molecule has 3 aliphatic rings. The third-order valence-corrected chi connectivity index (χ3v) is 11.9. The summed E-state index contributed by atoms with van der Waals surface area (Å²) in [7, 11) is 0. The highest BCUT2D eigenvalue weighted by Gasteiger charge is 2.56. The van der Waals surface area contributed by atoms with Crippen molar-refractivity contribution in [2.45, 2.75) is 82.9 Å². The zero-order valence-corrected chi connectivity index (χ0v) is 33.6. The molecule has 0 saturated heterocycles. The van der Waals surface area contributed by atoms with E-state index in [1.807, 2.05) is 42.5 Å². The lowest BCUT2D eigenvalue weighted by Gasteiger charge is -2.63. The van der Waals surface area contributed by atoms with Crippen LogP contribution in [0.4, 0.5) is 5.95 Å². The van der Waals surface area contributed by atoms with Crippen molar-refractivity contribution < 1.29 is 23.8 Å². The number of aromatic carboxylic acids is 1. The quantitative estimate of drug-likeness (QED) is 0.0715. The zero-order valence-electron chi connectivity index (χ0n) is 32.7. The number of nitrogens with one attached hydrogen (secondary N) is 2. The van der Waals surface area contributed by atoms with Gasteiger partial charge in [0.05, 0.1) is 36.4 Å². The maximum Gasteiger partial charge on any atom is 0.335 e. The van der Waals surface area contributed by atoms with Crippen LogP contribution in [0.5, 0.6) is 5.88 Å². The maximum atomic E-state index is 11.6. The smallest absolute Gasteiger partial charge is 0.335 e. The molecule has 3 aromatic carbocycles. The first kappa shape index (κ1) is 38.6. The number of fused-ring (bicyclic) bond motifs is 1. The molecule has 9 rings (SSSR count). The number of furan rings is 1. The van der Waals surface area contributed by atoms with Gasteiger partial charge in [0.25, 0.3) is 0 Å². The summed E-state index contributed by atoms with van der Waals surface area (Å²) in [4.78, 5) is 31.5. The molecule has 1 atom stereocenters. The summed E-state index contributed by atoms with van der Waals surface area (Å²) in [5.74, 6) is 1.50. The predicted molar refractivity (Wildman–Crippen MR) is 221 cm³/mol. The molecule has 0 aliphatic heterocycles. The van der Waals surface area contributed by atoms with Crippen LogP contribution in [0.15, 0.2) is 100 Å². The molecule has 6 aromatic rings. The van der Waals surface area contributed by atoms with Crippen molar-refractivity contribution in [2.75, 3.05) is 17.9 Å². The minimum Gasteiger partial charge on any atom is -0.478 e. The molecule has 57 heavy (non-hydrogen) atoms. The fraction of sp³-hybridized carbons (Fsp3) is 0.356. The van der Waals surface area contributed by atoms with E-state index in [1.165, 1.54) is 31.2 Å². The number of hydrogen-bond acceptors (Lipinski definition) is 11. The first-order valence-corrected chi connectivity index (χ1v) is 20.3. The van der Waals surface area contributed by atoms with Gasteiger partial charge in [-0.25, -0.2) is 19.7 Å². The number of aromatic nitrogens is 4. The summed E-state index contributed by atoms with van der Waals surface area (Å²) >= 11 is 1.25. The van der Waals surface area contributed by atoms with Crippen molar-refractivity contribution in [3.63, 3.8) is 0 Å². The van der Waals surface area contributed by atoms with E-state index in [4.69, 9.17) is 28.8 Å². The Hall–Kier alpha value is -5.30. The number of anilines is 1. The minimum absolute atomic E-state index is 0.0486. The molecule has 3 fully saturated rings. The highest BCUT2D eigenvalue weighted by Crippen LogP contribution is 2.66. The Labute approximate surface area is 337 Å². The molecule has 0 spiro atoms. The number of rotatable bonds is 18. The SMILES string of the molecule is Cc1cccc(C)c1-c1cc(OCC(CC23CC(C2)C3)NCc2cnc3oc(C(C)(C)COCc4ccccc4)cc3n2)nc(NSc2cccc(C(=O)O)c2)n1. The molecule has 3 saturated carbocycles. The van der Waals surface area contributed by atoms with Crippen LogP contribution < -0.4 is 14.8 Å². The van der Waals surface area contributed by atoms with Gasteiger partial charge in [0, 0.05) is 40.6 Å². The maximum absolute atomic E-state index is 11.6. The number of carboxylic acids is 1. The van der Waals surface area contributed by atoms with Crippen LogP contribution in [-0.4, -0.2) is 50.3 Å². The van der Waals surface area contributed by atoms with E-state index in [2.05, 4.69) is 67.0 Å². The van der Waals surface area contributed by atoms with Gasteiger partial charge in [-0.15, -0.1) is 0 Å². The lowest BCUT2D eigenvalue weighted by molar-refractivity contribution is -0.119. The highest BCUT2D eigenvalue weighted by molar-refractivity contribution is 8.00. The fourth-order valence-corrected chi connectivity index (χ4v) is 8.73. The Kier molecular flexibility index (Phi) is 11.0. The van der Waals surface area contributed by atoms with Gasteiger partial charge < -0.3 is 24.3 Å². The molecule has 0 radical (unpaired) electrons. The number of hydrogen-bond donors (Lipinski definition) is 3. The Balaban J connectivity index is 0.968. The lowest BCUT2D eigenvalue weighted by atomic mass is 9.43. The van der Waals surface area contributed by atoms with E-state index in [9.17, 15) is 9.90 Å². The van der Waals surface area contributed by atoms with Crippen molar-refractivity contribution in [2.24, 2.45) is 11.3 Å². The van der Waals surface area contributed by atoms with E-state index in [1.54, 1.807) is 24.4 Å². The molecule has 12 heteroatoms. The van der Waals surface area contributed by atoms with Gasteiger partial charge in [0.15, 0.2) is 0 Å². The Morgan fingerprint density at radius 2 is 1.75 bits per heavy atom. The van der Waals surface area contributed by atoms with Gasteiger partial charge in [-0.05, 0) is 97.7 Å². The number of benzene rings is 3. The van der Waals surface area contributed by atoms with Gasteiger partial charge in [-0.1, -0.05) is 68.4 Å². The van der Waals surface area contributed by atoms with Crippen LogP contribution in [0.2, 0.25) is 0 Å². The molecule has 0 amide bonds. The molecule has 3 heterocycles. The number of carboxylic acid groups (broad SMARTS) is 1. The zero-order chi connectivity index (χ0) is 39.6. The third-order valence-electron chi connectivity index (χ3n) is 11.2. The van der Waals surface area contributed by atoms with Gasteiger partial charge in [-0.2, -0.15) is 4.98 Å². The molecule has 2 bridgehead atoms. The van der Waals surface area contributed by atoms with Crippen LogP contribution in [0, 0.1) is 25.2 Å². The largest absolute Gasteiger partial charge is 0.478 e. The Morgan fingerprint density at radius 1 is 0.982 bits per heavy atom. The Bertz CT molecular complexity index is 2350. The monoisotopic (exact) mass is 784 g/mol. The van der Waals surface area contributed by atoms with Gasteiger partial charge in [0.1, 0.15) is 17.9 Å². The van der Waals surface area contributed by atoms with Crippen molar-refractivity contribution in [1.82, 2.24) is 25.3 Å². The standard InChI is InChI=1S/C45H48N6O5S/c1-28-10-8-11-29(2)40(28)36-18-39(50-43(49-36)51-57-35-15-9-14-32(16-35)42(52)53)55-26-33(22-45-19-31(20-45)21-45)46-23-34-24-47-41-37(48-34)17-38(56-41)44(3,4)27-54-25-30-12-6-5-7-13-30/h5-18,24,31,33,46H,19-23,25-27H2,1-4H3,(H,52,53)(H,49,50,51). The van der Waals surface area contributed by atoms with E-state index < -0.39 is 5.97 Å². The van der Waals surface area contributed by atoms with Crippen LogP contribution in [0.3, 0.4) is 0 Å². The van der Waals surface area contributed by atoms with Crippen LogP contribution in [-0.2, 0) is 23.3 Å². The third kappa shape index (κ3) is 8.98. The predicted octanol–water partition coefficient (Wildman–Crippen LogP) is 9.34. The summed E-state index contributed by atoms with van der Waals surface area (Å²) in [5.41, 5.74) is 7.37. The van der Waals surface area contributed by atoms with E-state index in [0.29, 0.717) is 49.3 Å². The average molecular weight is 785 g/mol. The molecular weight excluding hydrogens is 737 g/mol. The molecule has 11 nitrogen and oxygen atoms in total. The molecular formula is C45H48N6O5S. The first-order chi connectivity index (χ1) is 27.5. The average Bonchev–Trinajstić information content (AvgIpc) is 3.61. The molecule has 1 unspecified atom stereocenters. The second-order valence-electron chi connectivity index (χ2n) is 16.3. The second kappa shape index (κ2) is 16.3. The number of ether oxygens (including phenoxy) is 2. The van der Waals surface area contributed by atoms with Crippen LogP contribution in [0.1, 0.15) is 78.0 Å². The Morgan fingerprint density at radius 3 is 2.49 bits per heavy atom. The van der Waals surface area contributed by atoms with Gasteiger partial charge in [0.2, 0.25) is 17.5 Å². The molecule has 294 valence electrons. The van der Waals surface area contributed by atoms with Crippen molar-refractivity contribution in [3.05, 3.63) is 125 Å². The number of aryl methyl sites for hydroxylation is 2. The molecule has 3 aliphatic carbocycles. The van der Waals surface area contributed by atoms with Gasteiger partial charge in [-0.3, -0.25) is 4.72 Å². The number of carbonyl (C=O) groups is 1. The van der Waals surface area contributed by atoms with Gasteiger partial charge >= 0.3 is 5.97 Å². The summed E-state index contributed by atoms with van der Waals surface area (Å²) in [5, 5.41) is 13.2. The van der Waals surface area contributed by atoms with Crippen molar-refractivity contribution in [3.8, 4) is 17.1 Å². The van der Waals surface area contributed by atoms with Crippen molar-refractivity contribution >= 4 is 35.1 Å². The first-order valence-electron chi connectivity index (χ1n) is 19.5. The van der Waals surface area contributed by atoms with Crippen LogP contribution in [0.25, 0.3) is 22.5 Å². The van der Waals surface area contributed by atoms with Crippen LogP contribution >= 0.6 is 11.9 Å². The summed E-state index contributed by atoms with van der Waals surface area (Å²) in [6, 6.07) is 27.0. The normalized spacial score (nSPS) is 17.8. The topological polar surface area (TPSA) is 145 Å².